The molecule has 6 heteroatoms. The zero-order valence-electron chi connectivity index (χ0n) is 10.0. The number of nitrogens with two attached hydrogens (primary N) is 1. The van der Waals surface area contributed by atoms with Crippen LogP contribution in [0.5, 0.6) is 0 Å². The van der Waals surface area contributed by atoms with Gasteiger partial charge in [-0.1, -0.05) is 19.1 Å². The third-order valence-electron chi connectivity index (χ3n) is 3.35. The summed E-state index contributed by atoms with van der Waals surface area (Å²) >= 11 is 10.1. The van der Waals surface area contributed by atoms with Gasteiger partial charge in [0.15, 0.2) is 0 Å². The first-order valence-corrected chi connectivity index (χ1v) is 7.83. The van der Waals surface area contributed by atoms with Crippen molar-refractivity contribution in [3.05, 3.63) is 20.8 Å². The van der Waals surface area contributed by atoms with E-state index in [0.29, 0.717) is 17.5 Å². The van der Waals surface area contributed by atoms with Crippen molar-refractivity contribution in [2.24, 2.45) is 17.1 Å². The summed E-state index contributed by atoms with van der Waals surface area (Å²) < 4.78 is 1.04. The Hall–Kier alpha value is -0.460. The number of thiophene rings is 1. The summed E-state index contributed by atoms with van der Waals surface area (Å²) in [5.41, 5.74) is 5.13. The second kappa shape index (κ2) is 5.27. The lowest BCUT2D eigenvalue weighted by molar-refractivity contribution is -0.133. The zero-order valence-corrected chi connectivity index (χ0v) is 13.3. The quantitative estimate of drug-likeness (QED) is 0.824. The van der Waals surface area contributed by atoms with Gasteiger partial charge in [0.2, 0.25) is 5.91 Å². The Kier molecular flexibility index (Phi) is 4.08. The van der Waals surface area contributed by atoms with Crippen LogP contribution in [0.3, 0.4) is 0 Å². The highest BCUT2D eigenvalue weighted by molar-refractivity contribution is 9.10. The minimum absolute atomic E-state index is 0.0300. The van der Waals surface area contributed by atoms with E-state index in [4.69, 9.17) is 18.0 Å². The van der Waals surface area contributed by atoms with E-state index in [0.717, 1.165) is 22.2 Å². The Balaban J connectivity index is 1.97. The Morgan fingerprint density at radius 2 is 2.39 bits per heavy atom. The second-order valence-electron chi connectivity index (χ2n) is 4.87. The molecule has 1 heterocycles. The molecule has 0 spiro atoms. The van der Waals surface area contributed by atoms with Crippen molar-refractivity contribution >= 4 is 50.4 Å². The molecule has 1 aromatic heterocycles. The molecule has 1 amide bonds. The van der Waals surface area contributed by atoms with Gasteiger partial charge in [-0.05, 0) is 40.8 Å². The Labute approximate surface area is 124 Å². The summed E-state index contributed by atoms with van der Waals surface area (Å²) in [5.74, 6) is 0.491. The number of hydrogen-bond acceptors (Lipinski definition) is 3. The van der Waals surface area contributed by atoms with Crippen molar-refractivity contribution < 1.29 is 4.79 Å². The lowest BCUT2D eigenvalue weighted by Crippen LogP contribution is -2.55. The molecule has 1 fully saturated rings. The van der Waals surface area contributed by atoms with E-state index in [-0.39, 0.29) is 5.91 Å². The molecule has 1 aromatic rings. The number of carbonyl (C=O) groups excluding carboxylic acids is 1. The number of nitrogens with one attached hydrogen (secondary N) is 1. The van der Waals surface area contributed by atoms with Gasteiger partial charge < -0.3 is 11.1 Å². The van der Waals surface area contributed by atoms with Gasteiger partial charge in [-0.2, -0.15) is 0 Å². The van der Waals surface area contributed by atoms with E-state index >= 15 is 0 Å². The van der Waals surface area contributed by atoms with Crippen LogP contribution in [0.25, 0.3) is 0 Å². The van der Waals surface area contributed by atoms with Crippen molar-refractivity contribution in [1.82, 2.24) is 5.32 Å². The highest BCUT2D eigenvalue weighted by Crippen LogP contribution is 2.46. The van der Waals surface area contributed by atoms with Gasteiger partial charge in [0.25, 0.3) is 0 Å². The molecule has 0 saturated heterocycles. The van der Waals surface area contributed by atoms with Gasteiger partial charge >= 0.3 is 0 Å². The predicted molar refractivity (Wildman–Crippen MR) is 81.5 cm³/mol. The van der Waals surface area contributed by atoms with E-state index in [2.05, 4.69) is 28.2 Å². The minimum Gasteiger partial charge on any atom is -0.392 e. The highest BCUT2D eigenvalue weighted by Gasteiger charge is 2.50. The van der Waals surface area contributed by atoms with Crippen LogP contribution in [0.2, 0.25) is 0 Å². The molecular weight excluding hydrogens is 332 g/mol. The topological polar surface area (TPSA) is 55.1 Å². The van der Waals surface area contributed by atoms with Crippen LogP contribution >= 0.6 is 39.5 Å². The van der Waals surface area contributed by atoms with Crippen molar-refractivity contribution in [2.75, 3.05) is 0 Å². The van der Waals surface area contributed by atoms with Crippen LogP contribution < -0.4 is 11.1 Å². The largest absolute Gasteiger partial charge is 0.392 e. The summed E-state index contributed by atoms with van der Waals surface area (Å²) in [6.07, 6.45) is 1.53. The summed E-state index contributed by atoms with van der Waals surface area (Å²) in [5, 5.41) is 4.94. The molecule has 0 unspecified atom stereocenters. The van der Waals surface area contributed by atoms with Crippen LogP contribution in [-0.4, -0.2) is 10.9 Å². The fraction of sp³-hybridized carbons (Fsp3) is 0.500. The maximum Gasteiger partial charge on any atom is 0.233 e. The second-order valence-corrected chi connectivity index (χ2v) is 7.22. The smallest absolute Gasteiger partial charge is 0.233 e. The average Bonchev–Trinajstić information content (AvgIpc) is 2.67. The highest BCUT2D eigenvalue weighted by atomic mass is 79.9. The SMILES string of the molecule is CC1CC(C(=O)NCc2cc(Br)cs2)(C(N)=S)C1. The third kappa shape index (κ3) is 2.60. The van der Waals surface area contributed by atoms with Crippen LogP contribution in [0.1, 0.15) is 24.6 Å². The Morgan fingerprint density at radius 1 is 1.72 bits per heavy atom. The number of carbonyl (C=O) groups is 1. The van der Waals surface area contributed by atoms with E-state index in [9.17, 15) is 4.79 Å². The summed E-state index contributed by atoms with van der Waals surface area (Å²) in [4.78, 5) is 13.7. The van der Waals surface area contributed by atoms with E-state index in [1.54, 1.807) is 11.3 Å². The Morgan fingerprint density at radius 3 is 2.83 bits per heavy atom. The molecule has 0 aromatic carbocycles. The maximum absolute atomic E-state index is 12.2. The number of hydrogen-bond donors (Lipinski definition) is 2. The van der Waals surface area contributed by atoms with Crippen molar-refractivity contribution in [1.29, 1.82) is 0 Å². The predicted octanol–water partition coefficient (Wildman–Crippen LogP) is 2.83. The molecule has 18 heavy (non-hydrogen) atoms. The third-order valence-corrected chi connectivity index (χ3v) is 5.43. The molecule has 1 aliphatic carbocycles. The Bertz CT molecular complexity index is 480. The van der Waals surface area contributed by atoms with Gasteiger partial charge in [-0.25, -0.2) is 0 Å². The monoisotopic (exact) mass is 346 g/mol. The molecule has 1 saturated carbocycles. The summed E-state index contributed by atoms with van der Waals surface area (Å²) in [7, 11) is 0. The van der Waals surface area contributed by atoms with Crippen LogP contribution in [0, 0.1) is 11.3 Å². The molecule has 3 N–H and O–H groups in total. The van der Waals surface area contributed by atoms with Crippen molar-refractivity contribution in [3.63, 3.8) is 0 Å². The average molecular weight is 347 g/mol. The van der Waals surface area contributed by atoms with Gasteiger partial charge in [0, 0.05) is 14.7 Å². The van der Waals surface area contributed by atoms with E-state index in [1.165, 1.54) is 0 Å². The summed E-state index contributed by atoms with van der Waals surface area (Å²) in [6.45, 7) is 2.65. The molecule has 3 nitrogen and oxygen atoms in total. The van der Waals surface area contributed by atoms with Crippen LogP contribution in [0.15, 0.2) is 15.9 Å². The lowest BCUT2D eigenvalue weighted by Gasteiger charge is -2.44. The fourth-order valence-corrected chi connectivity index (χ4v) is 4.06. The molecule has 0 bridgehead atoms. The number of thiocarbonyl (C=S) groups is 1. The first kappa shape index (κ1) is 14.0. The van der Waals surface area contributed by atoms with Crippen LogP contribution in [-0.2, 0) is 11.3 Å². The van der Waals surface area contributed by atoms with Gasteiger partial charge in [0.1, 0.15) is 0 Å². The number of amides is 1. The standard InChI is InChI=1S/C12H15BrN2OS2/c1-7-3-12(4-7,10(14)17)11(16)15-5-9-2-8(13)6-18-9/h2,6-7H,3-5H2,1H3,(H2,14,17)(H,15,16). The van der Waals surface area contributed by atoms with Gasteiger partial charge in [-0.3, -0.25) is 4.79 Å². The molecule has 1 aliphatic rings. The van der Waals surface area contributed by atoms with E-state index in [1.807, 2.05) is 11.4 Å². The number of halogens is 1. The van der Waals surface area contributed by atoms with E-state index < -0.39 is 5.41 Å². The van der Waals surface area contributed by atoms with Gasteiger partial charge in [-0.15, -0.1) is 11.3 Å². The fourth-order valence-electron chi connectivity index (χ4n) is 2.41. The maximum atomic E-state index is 12.2. The molecule has 0 atom stereocenters. The molecule has 98 valence electrons. The molecule has 0 radical (unpaired) electrons. The molecule has 2 rings (SSSR count). The van der Waals surface area contributed by atoms with Crippen molar-refractivity contribution in [3.8, 4) is 0 Å². The summed E-state index contributed by atoms with van der Waals surface area (Å²) in [6, 6.07) is 2.00. The molecule has 0 aliphatic heterocycles. The molecular formula is C12H15BrN2OS2. The van der Waals surface area contributed by atoms with Crippen LogP contribution in [0.4, 0.5) is 0 Å². The first-order chi connectivity index (χ1) is 8.44. The first-order valence-electron chi connectivity index (χ1n) is 5.75. The van der Waals surface area contributed by atoms with Crippen molar-refractivity contribution in [2.45, 2.75) is 26.3 Å². The minimum atomic E-state index is -0.608. The van der Waals surface area contributed by atoms with Gasteiger partial charge in [0.05, 0.1) is 16.9 Å². The number of rotatable bonds is 4. The zero-order chi connectivity index (χ0) is 13.3. The normalized spacial score (nSPS) is 26.4. The lowest BCUT2D eigenvalue weighted by atomic mass is 9.62.